The molecule has 3 heterocycles. The molecular formula is C26H28F3N5O3. The summed E-state index contributed by atoms with van der Waals surface area (Å²) in [6.07, 6.45) is -3.08. The van der Waals surface area contributed by atoms with E-state index in [1.165, 1.54) is 28.0 Å². The highest BCUT2D eigenvalue weighted by Gasteiger charge is 2.49. The first kappa shape index (κ1) is 26.2. The van der Waals surface area contributed by atoms with Crippen LogP contribution in [-0.4, -0.2) is 51.8 Å². The molecule has 196 valence electrons. The van der Waals surface area contributed by atoms with Crippen LogP contribution in [0.15, 0.2) is 59.9 Å². The van der Waals surface area contributed by atoms with Gasteiger partial charge in [-0.15, -0.1) is 0 Å². The SMILES string of the molecule is CCN1C(=O)N[C@@H](c2ccccc2C(F)(F)F)C2=C1CN([C@H](C(=O)NCc1ccccn1)C(C)C)C2=O. The number of carbonyl (C=O) groups excluding carboxylic acids is 3. The van der Waals surface area contributed by atoms with Gasteiger partial charge in [-0.2, -0.15) is 13.2 Å². The van der Waals surface area contributed by atoms with Gasteiger partial charge in [0, 0.05) is 12.7 Å². The monoisotopic (exact) mass is 515 g/mol. The zero-order chi connectivity index (χ0) is 26.9. The molecular weight excluding hydrogens is 487 g/mol. The van der Waals surface area contributed by atoms with Crippen molar-refractivity contribution in [2.24, 2.45) is 5.92 Å². The van der Waals surface area contributed by atoms with Gasteiger partial charge in [0.2, 0.25) is 5.91 Å². The van der Waals surface area contributed by atoms with Crippen LogP contribution in [0.5, 0.6) is 0 Å². The molecule has 2 aliphatic heterocycles. The molecule has 0 spiro atoms. The van der Waals surface area contributed by atoms with Crippen LogP contribution >= 0.6 is 0 Å². The predicted molar refractivity (Wildman–Crippen MR) is 129 cm³/mol. The second-order valence-electron chi connectivity index (χ2n) is 9.23. The summed E-state index contributed by atoms with van der Waals surface area (Å²) in [4.78, 5) is 46.8. The number of urea groups is 1. The lowest BCUT2D eigenvalue weighted by Gasteiger charge is -2.33. The third-order valence-corrected chi connectivity index (χ3v) is 6.55. The largest absolute Gasteiger partial charge is 0.416 e. The van der Waals surface area contributed by atoms with Gasteiger partial charge in [-0.1, -0.05) is 38.1 Å². The lowest BCUT2D eigenvalue weighted by molar-refractivity contribution is -0.139. The molecule has 1 aromatic heterocycles. The van der Waals surface area contributed by atoms with Gasteiger partial charge in [0.05, 0.1) is 41.7 Å². The van der Waals surface area contributed by atoms with E-state index < -0.39 is 41.7 Å². The highest BCUT2D eigenvalue weighted by atomic mass is 19.4. The molecule has 0 saturated heterocycles. The molecule has 1 aromatic carbocycles. The Morgan fingerprint density at radius 3 is 2.49 bits per heavy atom. The second-order valence-corrected chi connectivity index (χ2v) is 9.23. The summed E-state index contributed by atoms with van der Waals surface area (Å²) in [5.41, 5.74) is -0.165. The quantitative estimate of drug-likeness (QED) is 0.589. The first-order valence-corrected chi connectivity index (χ1v) is 12.0. The fourth-order valence-electron chi connectivity index (χ4n) is 4.90. The van der Waals surface area contributed by atoms with E-state index in [1.54, 1.807) is 45.2 Å². The van der Waals surface area contributed by atoms with E-state index in [0.29, 0.717) is 11.4 Å². The number of nitrogens with zero attached hydrogens (tertiary/aromatic N) is 3. The summed E-state index contributed by atoms with van der Waals surface area (Å²) < 4.78 is 41.5. The molecule has 2 aromatic rings. The second kappa shape index (κ2) is 10.2. The molecule has 0 unspecified atom stereocenters. The van der Waals surface area contributed by atoms with Gasteiger partial charge in [0.1, 0.15) is 6.04 Å². The van der Waals surface area contributed by atoms with Gasteiger partial charge in [0.25, 0.3) is 5.91 Å². The van der Waals surface area contributed by atoms with Crippen LogP contribution in [-0.2, 0) is 22.3 Å². The number of carbonyl (C=O) groups is 3. The van der Waals surface area contributed by atoms with Crippen molar-refractivity contribution in [2.75, 3.05) is 13.1 Å². The molecule has 4 rings (SSSR count). The van der Waals surface area contributed by atoms with Crippen molar-refractivity contribution < 1.29 is 27.6 Å². The van der Waals surface area contributed by atoms with Crippen LogP contribution in [0.25, 0.3) is 0 Å². The van der Waals surface area contributed by atoms with Gasteiger partial charge < -0.3 is 15.5 Å². The average Bonchev–Trinajstić information content (AvgIpc) is 3.18. The predicted octanol–water partition coefficient (Wildman–Crippen LogP) is 3.62. The van der Waals surface area contributed by atoms with Gasteiger partial charge in [-0.05, 0) is 36.6 Å². The molecule has 0 aliphatic carbocycles. The first-order valence-electron chi connectivity index (χ1n) is 12.0. The third kappa shape index (κ3) is 5.03. The number of amides is 4. The minimum atomic E-state index is -4.68. The van der Waals surface area contributed by atoms with E-state index in [0.717, 1.165) is 6.07 Å². The molecule has 0 saturated carbocycles. The van der Waals surface area contributed by atoms with Crippen LogP contribution in [0.1, 0.15) is 43.6 Å². The van der Waals surface area contributed by atoms with Gasteiger partial charge >= 0.3 is 12.2 Å². The van der Waals surface area contributed by atoms with E-state index in [4.69, 9.17) is 0 Å². The van der Waals surface area contributed by atoms with Crippen LogP contribution in [0.4, 0.5) is 18.0 Å². The number of pyridine rings is 1. The number of hydrogen-bond donors (Lipinski definition) is 2. The van der Waals surface area contributed by atoms with Gasteiger partial charge in [0.15, 0.2) is 0 Å². The molecule has 0 bridgehead atoms. The highest BCUT2D eigenvalue weighted by molar-refractivity contribution is 6.03. The lowest BCUT2D eigenvalue weighted by Crippen LogP contribution is -2.51. The maximum Gasteiger partial charge on any atom is 0.416 e. The Hall–Kier alpha value is -3.89. The fourth-order valence-corrected chi connectivity index (χ4v) is 4.90. The van der Waals surface area contributed by atoms with E-state index in [1.807, 2.05) is 0 Å². The Bertz CT molecular complexity index is 1230. The van der Waals surface area contributed by atoms with E-state index >= 15 is 0 Å². The number of benzene rings is 1. The normalized spacial score (nSPS) is 18.7. The minimum Gasteiger partial charge on any atom is -0.349 e. The Morgan fingerprint density at radius 1 is 1.16 bits per heavy atom. The molecule has 37 heavy (non-hydrogen) atoms. The standard InChI is InChI=1S/C26H28F3N5O3/c1-4-33-19-14-34(22(15(2)3)23(35)31-13-16-9-7-8-12-30-16)24(36)20(19)21(32-25(33)37)17-10-5-6-11-18(17)26(27,28)29/h5-12,15,21-22H,4,13-14H2,1-3H3,(H,31,35)(H,32,37)/t21-,22-/m0/s1. The van der Waals surface area contributed by atoms with Crippen molar-refractivity contribution in [1.29, 1.82) is 0 Å². The number of alkyl halides is 3. The molecule has 0 fully saturated rings. The Morgan fingerprint density at radius 2 is 1.86 bits per heavy atom. The van der Waals surface area contributed by atoms with Crippen LogP contribution < -0.4 is 10.6 Å². The van der Waals surface area contributed by atoms with Gasteiger partial charge in [-0.25, -0.2) is 4.79 Å². The smallest absolute Gasteiger partial charge is 0.349 e. The van der Waals surface area contributed by atoms with Crippen molar-refractivity contribution >= 4 is 17.8 Å². The lowest BCUT2D eigenvalue weighted by atomic mass is 9.91. The summed E-state index contributed by atoms with van der Waals surface area (Å²) in [7, 11) is 0. The minimum absolute atomic E-state index is 0.0429. The zero-order valence-corrected chi connectivity index (χ0v) is 20.7. The van der Waals surface area contributed by atoms with E-state index in [9.17, 15) is 27.6 Å². The van der Waals surface area contributed by atoms with Crippen molar-refractivity contribution in [1.82, 2.24) is 25.4 Å². The zero-order valence-electron chi connectivity index (χ0n) is 20.7. The Balaban J connectivity index is 1.69. The number of hydrogen-bond acceptors (Lipinski definition) is 4. The van der Waals surface area contributed by atoms with E-state index in [2.05, 4.69) is 15.6 Å². The van der Waals surface area contributed by atoms with Crippen molar-refractivity contribution in [2.45, 2.75) is 45.6 Å². The number of nitrogens with one attached hydrogen (secondary N) is 2. The fraction of sp³-hybridized carbons (Fsp3) is 0.385. The number of aromatic nitrogens is 1. The summed E-state index contributed by atoms with van der Waals surface area (Å²) in [6, 6.07) is 7.37. The maximum atomic E-state index is 13.8. The summed E-state index contributed by atoms with van der Waals surface area (Å²) in [5.74, 6) is -1.31. The number of rotatable bonds is 7. The molecule has 4 amide bonds. The van der Waals surface area contributed by atoms with Crippen molar-refractivity contribution in [3.8, 4) is 0 Å². The van der Waals surface area contributed by atoms with Crippen molar-refractivity contribution in [3.05, 3.63) is 76.8 Å². The maximum absolute atomic E-state index is 13.8. The Labute approximate surface area is 212 Å². The van der Waals surface area contributed by atoms with Crippen LogP contribution in [0.2, 0.25) is 0 Å². The first-order chi connectivity index (χ1) is 17.5. The van der Waals surface area contributed by atoms with E-state index in [-0.39, 0.29) is 36.7 Å². The number of likely N-dealkylation sites (N-methyl/N-ethyl adjacent to an activating group) is 1. The van der Waals surface area contributed by atoms with Crippen molar-refractivity contribution in [3.63, 3.8) is 0 Å². The third-order valence-electron chi connectivity index (χ3n) is 6.55. The summed E-state index contributed by atoms with van der Waals surface area (Å²) in [5, 5.41) is 5.39. The molecule has 2 atom stereocenters. The van der Waals surface area contributed by atoms with Crippen LogP contribution in [0, 0.1) is 5.92 Å². The topological polar surface area (TPSA) is 94.6 Å². The van der Waals surface area contributed by atoms with Gasteiger partial charge in [-0.3, -0.25) is 19.5 Å². The molecule has 2 N–H and O–H groups in total. The Kier molecular flexibility index (Phi) is 7.24. The highest BCUT2D eigenvalue weighted by Crippen LogP contribution is 2.42. The molecule has 0 radical (unpaired) electrons. The molecule has 2 aliphatic rings. The average molecular weight is 516 g/mol. The van der Waals surface area contributed by atoms with Crippen LogP contribution in [0.3, 0.4) is 0 Å². The summed E-state index contributed by atoms with van der Waals surface area (Å²) in [6.45, 7) is 5.57. The number of halogens is 3. The molecule has 8 nitrogen and oxygen atoms in total. The summed E-state index contributed by atoms with van der Waals surface area (Å²) >= 11 is 0. The molecule has 11 heteroatoms.